The van der Waals surface area contributed by atoms with Crippen LogP contribution in [-0.2, 0) is 6.54 Å². The van der Waals surface area contributed by atoms with Crippen molar-refractivity contribution in [2.24, 2.45) is 0 Å². The maximum Gasteiger partial charge on any atom is 0.335 e. The molecule has 0 aliphatic carbocycles. The number of nitrogens with zero attached hydrogens (tertiary/aromatic N) is 2. The van der Waals surface area contributed by atoms with E-state index < -0.39 is 5.97 Å². The number of carboxylic acid groups (broad SMARTS) is 1. The lowest BCUT2D eigenvalue weighted by atomic mass is 9.98. The maximum atomic E-state index is 11.1. The maximum absolute atomic E-state index is 11.1. The zero-order chi connectivity index (χ0) is 16.4. The second-order valence-corrected chi connectivity index (χ2v) is 7.51. The van der Waals surface area contributed by atoms with Gasteiger partial charge in [0, 0.05) is 23.9 Å². The van der Waals surface area contributed by atoms with Gasteiger partial charge in [-0.25, -0.2) is 9.78 Å². The Morgan fingerprint density at radius 2 is 2.26 bits per heavy atom. The third kappa shape index (κ3) is 3.79. The third-order valence-electron chi connectivity index (χ3n) is 4.48. The smallest absolute Gasteiger partial charge is 0.335 e. The molecular formula is C18H22N2O2S. The lowest BCUT2D eigenvalue weighted by Gasteiger charge is -2.31. The van der Waals surface area contributed by atoms with Gasteiger partial charge in [-0.2, -0.15) is 0 Å². The zero-order valence-corrected chi connectivity index (χ0v) is 14.4. The number of rotatable bonds is 4. The fourth-order valence-electron chi connectivity index (χ4n) is 3.13. The Bertz CT molecular complexity index is 691. The van der Waals surface area contributed by atoms with Crippen LogP contribution < -0.4 is 0 Å². The normalized spacial score (nSPS) is 19.0. The molecule has 0 spiro atoms. The molecule has 1 N–H and O–H groups in total. The van der Waals surface area contributed by atoms with Gasteiger partial charge in [-0.15, -0.1) is 11.3 Å². The Kier molecular flexibility index (Phi) is 4.78. The number of benzene rings is 1. The SMILES string of the molecule is Cc1nc(C2CCCN(Cc3cccc(C(=O)O)c3)C2)sc1C. The predicted molar refractivity (Wildman–Crippen MR) is 92.2 cm³/mol. The van der Waals surface area contributed by atoms with Gasteiger partial charge < -0.3 is 5.11 Å². The fourth-order valence-corrected chi connectivity index (χ4v) is 4.18. The van der Waals surface area contributed by atoms with Gasteiger partial charge in [-0.1, -0.05) is 12.1 Å². The van der Waals surface area contributed by atoms with Gasteiger partial charge in [0.25, 0.3) is 0 Å². The molecule has 1 fully saturated rings. The number of likely N-dealkylation sites (tertiary alicyclic amines) is 1. The molecule has 1 aliphatic heterocycles. The number of carbonyl (C=O) groups is 1. The predicted octanol–water partition coefficient (Wildman–Crippen LogP) is 3.84. The van der Waals surface area contributed by atoms with Gasteiger partial charge in [0.15, 0.2) is 0 Å². The van der Waals surface area contributed by atoms with Crippen LogP contribution in [0, 0.1) is 13.8 Å². The molecule has 1 atom stereocenters. The third-order valence-corrected chi connectivity index (χ3v) is 5.72. The van der Waals surface area contributed by atoms with Crippen LogP contribution in [0.1, 0.15) is 50.3 Å². The average molecular weight is 330 g/mol. The monoisotopic (exact) mass is 330 g/mol. The van der Waals surface area contributed by atoms with Crippen LogP contribution in [0.4, 0.5) is 0 Å². The van der Waals surface area contributed by atoms with Crippen LogP contribution in [-0.4, -0.2) is 34.0 Å². The minimum Gasteiger partial charge on any atom is -0.478 e. The van der Waals surface area contributed by atoms with E-state index in [0.29, 0.717) is 11.5 Å². The molecule has 2 heterocycles. The molecular weight excluding hydrogens is 308 g/mol. The second kappa shape index (κ2) is 6.81. The number of thiazole rings is 1. The van der Waals surface area contributed by atoms with E-state index in [-0.39, 0.29) is 0 Å². The van der Waals surface area contributed by atoms with E-state index in [9.17, 15) is 4.79 Å². The summed E-state index contributed by atoms with van der Waals surface area (Å²) in [5.74, 6) is -0.360. The largest absolute Gasteiger partial charge is 0.478 e. The Hall–Kier alpha value is -1.72. The van der Waals surface area contributed by atoms with Crippen LogP contribution in [0.5, 0.6) is 0 Å². The van der Waals surface area contributed by atoms with Crippen molar-refractivity contribution in [2.45, 2.75) is 39.2 Å². The van der Waals surface area contributed by atoms with E-state index in [1.165, 1.54) is 22.7 Å². The summed E-state index contributed by atoms with van der Waals surface area (Å²) < 4.78 is 0. The molecule has 1 aliphatic rings. The summed E-state index contributed by atoms with van der Waals surface area (Å²) in [6.45, 7) is 7.09. The molecule has 1 aromatic carbocycles. The Balaban J connectivity index is 1.69. The topological polar surface area (TPSA) is 53.4 Å². The van der Waals surface area contributed by atoms with Crippen molar-refractivity contribution in [3.05, 3.63) is 51.0 Å². The van der Waals surface area contributed by atoms with Crippen LogP contribution in [0.3, 0.4) is 0 Å². The van der Waals surface area contributed by atoms with Crippen molar-refractivity contribution in [2.75, 3.05) is 13.1 Å². The lowest BCUT2D eigenvalue weighted by Crippen LogP contribution is -2.33. The van der Waals surface area contributed by atoms with Gasteiger partial charge in [0.05, 0.1) is 16.3 Å². The molecule has 0 saturated carbocycles. The highest BCUT2D eigenvalue weighted by atomic mass is 32.1. The van der Waals surface area contributed by atoms with E-state index in [2.05, 4.69) is 18.7 Å². The number of hydrogen-bond donors (Lipinski definition) is 1. The van der Waals surface area contributed by atoms with Gasteiger partial charge in [-0.05, 0) is 50.9 Å². The highest BCUT2D eigenvalue weighted by molar-refractivity contribution is 7.11. The number of hydrogen-bond acceptors (Lipinski definition) is 4. The molecule has 3 rings (SSSR count). The highest BCUT2D eigenvalue weighted by Gasteiger charge is 2.24. The number of aromatic nitrogens is 1. The summed E-state index contributed by atoms with van der Waals surface area (Å²) >= 11 is 1.82. The number of aryl methyl sites for hydroxylation is 2. The molecule has 1 unspecified atom stereocenters. The molecule has 0 amide bonds. The van der Waals surface area contributed by atoms with E-state index >= 15 is 0 Å². The second-order valence-electron chi connectivity index (χ2n) is 6.27. The molecule has 2 aromatic rings. The van der Waals surface area contributed by atoms with Crippen molar-refractivity contribution in [1.82, 2.24) is 9.88 Å². The van der Waals surface area contributed by atoms with Crippen LogP contribution in [0.2, 0.25) is 0 Å². The van der Waals surface area contributed by atoms with Crippen LogP contribution in [0.25, 0.3) is 0 Å². The Morgan fingerprint density at radius 3 is 2.96 bits per heavy atom. The Morgan fingerprint density at radius 1 is 1.43 bits per heavy atom. The summed E-state index contributed by atoms with van der Waals surface area (Å²) in [6.07, 6.45) is 2.36. The molecule has 0 radical (unpaired) electrons. The molecule has 1 aromatic heterocycles. The summed E-state index contributed by atoms with van der Waals surface area (Å²) in [5.41, 5.74) is 2.58. The number of carboxylic acids is 1. The molecule has 23 heavy (non-hydrogen) atoms. The van der Waals surface area contributed by atoms with Crippen molar-refractivity contribution in [3.8, 4) is 0 Å². The van der Waals surface area contributed by atoms with Crippen molar-refractivity contribution in [3.63, 3.8) is 0 Å². The molecule has 4 nitrogen and oxygen atoms in total. The van der Waals surface area contributed by atoms with Gasteiger partial charge in [0.1, 0.15) is 0 Å². The van der Waals surface area contributed by atoms with Crippen LogP contribution >= 0.6 is 11.3 Å². The summed E-state index contributed by atoms with van der Waals surface area (Å²) in [6, 6.07) is 7.26. The fraction of sp³-hybridized carbons (Fsp3) is 0.444. The first-order chi connectivity index (χ1) is 11.0. The van der Waals surface area contributed by atoms with Crippen LogP contribution in [0.15, 0.2) is 24.3 Å². The summed E-state index contributed by atoms with van der Waals surface area (Å²) in [7, 11) is 0. The summed E-state index contributed by atoms with van der Waals surface area (Å²) in [4.78, 5) is 19.6. The number of aromatic carboxylic acids is 1. The molecule has 1 saturated heterocycles. The summed E-state index contributed by atoms with van der Waals surface area (Å²) in [5, 5.41) is 10.4. The van der Waals surface area contributed by atoms with Crippen molar-refractivity contribution in [1.29, 1.82) is 0 Å². The first-order valence-electron chi connectivity index (χ1n) is 8.01. The van der Waals surface area contributed by atoms with E-state index in [1.54, 1.807) is 12.1 Å². The first kappa shape index (κ1) is 16.1. The van der Waals surface area contributed by atoms with E-state index in [0.717, 1.165) is 30.9 Å². The minimum atomic E-state index is -0.864. The van der Waals surface area contributed by atoms with Gasteiger partial charge in [-0.3, -0.25) is 4.90 Å². The average Bonchev–Trinajstić information content (AvgIpc) is 2.87. The van der Waals surface area contributed by atoms with E-state index in [1.807, 2.05) is 23.5 Å². The van der Waals surface area contributed by atoms with Gasteiger partial charge >= 0.3 is 5.97 Å². The zero-order valence-electron chi connectivity index (χ0n) is 13.6. The van der Waals surface area contributed by atoms with Crippen molar-refractivity contribution >= 4 is 17.3 Å². The standard InChI is InChI=1S/C18H22N2O2S/c1-12-13(2)23-17(19-12)16-7-4-8-20(11-16)10-14-5-3-6-15(9-14)18(21)22/h3,5-6,9,16H,4,7-8,10-11H2,1-2H3,(H,21,22). The first-order valence-corrected chi connectivity index (χ1v) is 8.83. The van der Waals surface area contributed by atoms with E-state index in [4.69, 9.17) is 10.1 Å². The molecule has 122 valence electrons. The van der Waals surface area contributed by atoms with Gasteiger partial charge in [0.2, 0.25) is 0 Å². The quantitative estimate of drug-likeness (QED) is 0.925. The highest BCUT2D eigenvalue weighted by Crippen LogP contribution is 2.31. The minimum absolute atomic E-state index is 0.363. The molecule has 5 heteroatoms. The number of piperidine rings is 1. The molecule has 0 bridgehead atoms. The lowest BCUT2D eigenvalue weighted by molar-refractivity contribution is 0.0696. The Labute approximate surface area is 140 Å². The van der Waals surface area contributed by atoms with Crippen molar-refractivity contribution < 1.29 is 9.90 Å².